The molecule has 0 bridgehead atoms. The second kappa shape index (κ2) is 5.14. The highest BCUT2D eigenvalue weighted by atomic mass is 32.2. The van der Waals surface area contributed by atoms with Crippen LogP contribution in [0, 0.1) is 6.92 Å². The molecule has 0 N–H and O–H groups in total. The van der Waals surface area contributed by atoms with Gasteiger partial charge >= 0.3 is 5.97 Å². The molecule has 2 aromatic rings. The van der Waals surface area contributed by atoms with Crippen molar-refractivity contribution in [1.82, 2.24) is 9.97 Å². The van der Waals surface area contributed by atoms with Crippen molar-refractivity contribution in [1.29, 1.82) is 0 Å². The van der Waals surface area contributed by atoms with Crippen LogP contribution in [-0.2, 0) is 9.53 Å². The van der Waals surface area contributed by atoms with E-state index in [0.717, 1.165) is 21.5 Å². The number of carbonyl (C=O) groups is 1. The summed E-state index contributed by atoms with van der Waals surface area (Å²) in [5.74, 6) is 0.00530. The molecule has 4 nitrogen and oxygen atoms in total. The van der Waals surface area contributed by atoms with Crippen LogP contribution in [0.15, 0.2) is 29.6 Å². The number of aromatic nitrogens is 2. The number of nitrogens with zero attached hydrogens (tertiary/aromatic N) is 2. The second-order valence-corrected chi connectivity index (χ2v) is 4.53. The maximum absolute atomic E-state index is 11.1. The van der Waals surface area contributed by atoms with Crippen molar-refractivity contribution < 1.29 is 9.53 Å². The Morgan fingerprint density at radius 2 is 2.24 bits per heavy atom. The molecule has 1 aromatic carbocycles. The van der Waals surface area contributed by atoms with Gasteiger partial charge in [0.1, 0.15) is 11.4 Å². The normalized spacial score (nSPS) is 10.5. The quantitative estimate of drug-likeness (QED) is 0.473. The monoisotopic (exact) mass is 248 g/mol. The minimum atomic E-state index is -0.255. The number of aryl methyl sites for hydroxylation is 1. The molecule has 0 aliphatic heterocycles. The number of benzene rings is 1. The molecule has 0 radical (unpaired) electrons. The van der Waals surface area contributed by atoms with Gasteiger partial charge in [-0.1, -0.05) is 23.4 Å². The number of fused-ring (bicyclic) bond motifs is 1. The average molecular weight is 248 g/mol. The van der Waals surface area contributed by atoms with Crippen molar-refractivity contribution in [3.63, 3.8) is 0 Å². The summed E-state index contributed by atoms with van der Waals surface area (Å²) >= 11 is 1.37. The van der Waals surface area contributed by atoms with Crippen molar-refractivity contribution in [2.45, 2.75) is 11.9 Å². The highest BCUT2D eigenvalue weighted by Gasteiger charge is 2.07. The van der Waals surface area contributed by atoms with E-state index in [9.17, 15) is 4.79 Å². The second-order valence-electron chi connectivity index (χ2n) is 3.56. The summed E-state index contributed by atoms with van der Waals surface area (Å²) < 4.78 is 4.60. The maximum atomic E-state index is 11.1. The summed E-state index contributed by atoms with van der Waals surface area (Å²) in [6.07, 6.45) is 1.51. The molecule has 0 unspecified atom stereocenters. The third kappa shape index (κ3) is 2.74. The van der Waals surface area contributed by atoms with E-state index in [0.29, 0.717) is 0 Å². The first-order valence-corrected chi connectivity index (χ1v) is 6.10. The van der Waals surface area contributed by atoms with Gasteiger partial charge < -0.3 is 4.74 Å². The third-order valence-electron chi connectivity index (χ3n) is 2.31. The number of thioether (sulfide) groups is 1. The molecular formula is C12H12N2O2S. The number of rotatable bonds is 3. The number of hydrogen-bond donors (Lipinski definition) is 0. The summed E-state index contributed by atoms with van der Waals surface area (Å²) in [4.78, 5) is 19.5. The summed E-state index contributed by atoms with van der Waals surface area (Å²) in [6, 6.07) is 5.98. The van der Waals surface area contributed by atoms with Crippen LogP contribution in [0.2, 0.25) is 0 Å². The zero-order valence-electron chi connectivity index (χ0n) is 9.64. The van der Waals surface area contributed by atoms with Gasteiger partial charge in [-0.15, -0.1) is 0 Å². The fourth-order valence-electron chi connectivity index (χ4n) is 1.45. The molecule has 0 spiro atoms. The topological polar surface area (TPSA) is 52.1 Å². The van der Waals surface area contributed by atoms with Crippen molar-refractivity contribution >= 4 is 28.6 Å². The van der Waals surface area contributed by atoms with Gasteiger partial charge in [-0.2, -0.15) is 0 Å². The molecule has 0 saturated carbocycles. The van der Waals surface area contributed by atoms with Crippen molar-refractivity contribution in [3.8, 4) is 0 Å². The molecule has 1 heterocycles. The lowest BCUT2D eigenvalue weighted by molar-refractivity contribution is -0.137. The molecule has 0 saturated heterocycles. The van der Waals surface area contributed by atoms with Crippen LogP contribution in [0.4, 0.5) is 0 Å². The molecule has 88 valence electrons. The fraction of sp³-hybridized carbons (Fsp3) is 0.250. The van der Waals surface area contributed by atoms with Crippen molar-refractivity contribution in [2.75, 3.05) is 12.9 Å². The Hall–Kier alpha value is -1.62. The van der Waals surface area contributed by atoms with Crippen LogP contribution in [0.5, 0.6) is 0 Å². The molecule has 0 fully saturated rings. The summed E-state index contributed by atoms with van der Waals surface area (Å²) in [5.41, 5.74) is 2.03. The Bertz CT molecular complexity index is 557. The lowest BCUT2D eigenvalue weighted by atomic mass is 10.2. The van der Waals surface area contributed by atoms with E-state index in [-0.39, 0.29) is 11.7 Å². The van der Waals surface area contributed by atoms with E-state index in [2.05, 4.69) is 14.7 Å². The first-order chi connectivity index (χ1) is 8.20. The summed E-state index contributed by atoms with van der Waals surface area (Å²) in [6.45, 7) is 2.02. The van der Waals surface area contributed by atoms with Gasteiger partial charge in [0.15, 0.2) is 0 Å². The average Bonchev–Trinajstić information content (AvgIpc) is 2.35. The van der Waals surface area contributed by atoms with Gasteiger partial charge in [-0.3, -0.25) is 4.79 Å². The van der Waals surface area contributed by atoms with E-state index in [1.807, 2.05) is 25.1 Å². The number of esters is 1. The van der Waals surface area contributed by atoms with Crippen LogP contribution < -0.4 is 0 Å². The molecule has 0 amide bonds. The van der Waals surface area contributed by atoms with Gasteiger partial charge in [-0.05, 0) is 19.1 Å². The Labute approximate surface area is 103 Å². The van der Waals surface area contributed by atoms with Gasteiger partial charge in [0.25, 0.3) is 0 Å². The van der Waals surface area contributed by atoms with Gasteiger partial charge in [0.2, 0.25) is 0 Å². The molecule has 1 aromatic heterocycles. The molecule has 0 aliphatic carbocycles. The van der Waals surface area contributed by atoms with Crippen molar-refractivity contribution in [3.05, 3.63) is 30.1 Å². The fourth-order valence-corrected chi connectivity index (χ4v) is 2.26. The largest absolute Gasteiger partial charge is 0.468 e. The van der Waals surface area contributed by atoms with E-state index in [1.54, 1.807) is 0 Å². The predicted molar refractivity (Wildman–Crippen MR) is 67.0 cm³/mol. The molecular weight excluding hydrogens is 236 g/mol. The standard InChI is InChI=1S/C12H12N2O2S/c1-8-3-4-10-9(5-8)12(14-7-13-10)17-6-11(15)16-2/h3-5,7H,6H2,1-2H3. The van der Waals surface area contributed by atoms with E-state index in [1.165, 1.54) is 25.2 Å². The minimum absolute atomic E-state index is 0.255. The summed E-state index contributed by atoms with van der Waals surface area (Å²) in [5, 5.41) is 1.78. The highest BCUT2D eigenvalue weighted by Crippen LogP contribution is 2.25. The smallest absolute Gasteiger partial charge is 0.316 e. The Balaban J connectivity index is 2.33. The number of carbonyl (C=O) groups excluding carboxylic acids is 1. The zero-order chi connectivity index (χ0) is 12.3. The highest BCUT2D eigenvalue weighted by molar-refractivity contribution is 8.00. The predicted octanol–water partition coefficient (Wildman–Crippen LogP) is 2.20. The Morgan fingerprint density at radius 3 is 3.00 bits per heavy atom. The van der Waals surface area contributed by atoms with Crippen LogP contribution in [0.25, 0.3) is 10.9 Å². The maximum Gasteiger partial charge on any atom is 0.316 e. The number of methoxy groups -OCH3 is 1. The third-order valence-corrected chi connectivity index (χ3v) is 3.29. The minimum Gasteiger partial charge on any atom is -0.468 e. The van der Waals surface area contributed by atoms with Crippen LogP contribution in [-0.4, -0.2) is 28.8 Å². The molecule has 0 aliphatic rings. The van der Waals surface area contributed by atoms with Crippen LogP contribution in [0.3, 0.4) is 0 Å². The van der Waals surface area contributed by atoms with E-state index >= 15 is 0 Å². The first kappa shape index (κ1) is 11.9. The van der Waals surface area contributed by atoms with Gasteiger partial charge in [0.05, 0.1) is 18.4 Å². The Kier molecular flexibility index (Phi) is 3.58. The molecule has 0 atom stereocenters. The first-order valence-electron chi connectivity index (χ1n) is 5.11. The van der Waals surface area contributed by atoms with Gasteiger partial charge in [0, 0.05) is 5.39 Å². The molecule has 5 heteroatoms. The molecule has 17 heavy (non-hydrogen) atoms. The zero-order valence-corrected chi connectivity index (χ0v) is 10.5. The Morgan fingerprint density at radius 1 is 1.41 bits per heavy atom. The lowest BCUT2D eigenvalue weighted by Gasteiger charge is -2.04. The molecule has 2 rings (SSSR count). The number of hydrogen-bond acceptors (Lipinski definition) is 5. The lowest BCUT2D eigenvalue weighted by Crippen LogP contribution is -2.03. The summed E-state index contributed by atoms with van der Waals surface area (Å²) in [7, 11) is 1.38. The SMILES string of the molecule is COC(=O)CSc1ncnc2ccc(C)cc12. The van der Waals surface area contributed by atoms with Crippen LogP contribution in [0.1, 0.15) is 5.56 Å². The van der Waals surface area contributed by atoms with Gasteiger partial charge in [-0.25, -0.2) is 9.97 Å². The van der Waals surface area contributed by atoms with Crippen molar-refractivity contribution in [2.24, 2.45) is 0 Å². The van der Waals surface area contributed by atoms with E-state index in [4.69, 9.17) is 0 Å². The van der Waals surface area contributed by atoms with E-state index < -0.39 is 0 Å². The van der Waals surface area contributed by atoms with Crippen LogP contribution >= 0.6 is 11.8 Å². The number of ether oxygens (including phenoxy) is 1.